The van der Waals surface area contributed by atoms with E-state index in [-0.39, 0.29) is 10.7 Å². The zero-order chi connectivity index (χ0) is 35.4. The molecule has 0 bridgehead atoms. The molecule has 10 heteroatoms. The number of aryl methyl sites for hydroxylation is 4. The lowest BCUT2D eigenvalue weighted by molar-refractivity contribution is -0.118. The van der Waals surface area contributed by atoms with E-state index in [1.54, 1.807) is 54.9 Å². The molecule has 2 aliphatic rings. The third kappa shape index (κ3) is 6.10. The molecule has 0 aliphatic heterocycles. The summed E-state index contributed by atoms with van der Waals surface area (Å²) in [6, 6.07) is 26.0. The van der Waals surface area contributed by atoms with E-state index in [0.717, 1.165) is 64.2 Å². The lowest BCUT2D eigenvalue weighted by atomic mass is 9.86. The van der Waals surface area contributed by atoms with Gasteiger partial charge in [-0.1, -0.05) is 47.5 Å². The first-order valence-corrected chi connectivity index (χ1v) is 19.8. The van der Waals surface area contributed by atoms with Crippen LogP contribution in [0, 0.1) is 13.8 Å². The molecular weight excluding hydrogens is 667 g/mol. The first-order valence-electron chi connectivity index (χ1n) is 16.9. The van der Waals surface area contributed by atoms with Crippen LogP contribution < -0.4 is 0 Å². The molecule has 0 radical (unpaired) electrons. The van der Waals surface area contributed by atoms with Crippen molar-refractivity contribution in [1.82, 2.24) is 12.8 Å². The Morgan fingerprint density at radius 1 is 0.600 bits per heavy atom. The lowest BCUT2D eigenvalue weighted by Crippen LogP contribution is -2.33. The second-order valence-electron chi connectivity index (χ2n) is 13.7. The van der Waals surface area contributed by atoms with E-state index in [1.165, 1.54) is 19.1 Å². The van der Waals surface area contributed by atoms with E-state index in [2.05, 4.69) is 25.1 Å². The van der Waals surface area contributed by atoms with Crippen LogP contribution in [0.3, 0.4) is 0 Å². The van der Waals surface area contributed by atoms with Crippen molar-refractivity contribution in [1.29, 1.82) is 0 Å². The van der Waals surface area contributed by atoms with Gasteiger partial charge in [0.25, 0.3) is 20.0 Å². The van der Waals surface area contributed by atoms with E-state index in [4.69, 9.17) is 0 Å². The number of hydrogen-bond acceptors (Lipinski definition) is 6. The molecule has 4 aromatic carbocycles. The summed E-state index contributed by atoms with van der Waals surface area (Å²) in [6.45, 7) is 3.87. The summed E-state index contributed by atoms with van der Waals surface area (Å²) in [5, 5.41) is 1.92. The quantitative estimate of drug-likeness (QED) is 0.195. The van der Waals surface area contributed by atoms with Crippen molar-refractivity contribution in [3.05, 3.63) is 131 Å². The van der Waals surface area contributed by atoms with Crippen molar-refractivity contribution in [2.45, 2.75) is 68.2 Å². The maximum atomic E-state index is 13.1. The SMILES string of the molecule is Cc1ccc(S(=O)(=O)n2ccc3c4c(ccc32)CCC(=O)C4)cc1.Cc1ccc(S(=O)(=O)n2ccc3c4c(ccc32)CCC(N(C)C)C4)cc1. The minimum absolute atomic E-state index is 0.212. The molecule has 0 spiro atoms. The molecule has 0 amide bonds. The van der Waals surface area contributed by atoms with Gasteiger partial charge in [-0.25, -0.2) is 24.8 Å². The number of Topliss-reactive ketones (excluding diaryl/α,β-unsaturated/α-hetero) is 1. The van der Waals surface area contributed by atoms with E-state index in [0.29, 0.717) is 29.3 Å². The predicted molar refractivity (Wildman–Crippen MR) is 198 cm³/mol. The van der Waals surface area contributed by atoms with Gasteiger partial charge in [-0.3, -0.25) is 4.79 Å². The lowest BCUT2D eigenvalue weighted by Gasteiger charge is -2.30. The van der Waals surface area contributed by atoms with Crippen LogP contribution in [-0.4, -0.2) is 55.6 Å². The topological polar surface area (TPSA) is 98.5 Å². The molecule has 0 N–H and O–H groups in total. The van der Waals surface area contributed by atoms with Gasteiger partial charge in [-0.05, 0) is 124 Å². The fraction of sp³-hybridized carbons (Fsp3) is 0.275. The largest absolute Gasteiger partial charge is 0.306 e. The summed E-state index contributed by atoms with van der Waals surface area (Å²) in [7, 11) is -3.01. The third-order valence-corrected chi connectivity index (χ3v) is 13.6. The van der Waals surface area contributed by atoms with Crippen LogP contribution in [0.4, 0.5) is 0 Å². The Hall–Kier alpha value is -4.51. The summed E-state index contributed by atoms with van der Waals surface area (Å²) in [6.07, 6.45) is 8.13. The Labute approximate surface area is 294 Å². The molecule has 1 atom stereocenters. The summed E-state index contributed by atoms with van der Waals surface area (Å²) >= 11 is 0. The Morgan fingerprint density at radius 2 is 1.08 bits per heavy atom. The average molecular weight is 708 g/mol. The Kier molecular flexibility index (Phi) is 8.82. The van der Waals surface area contributed by atoms with Crippen molar-refractivity contribution >= 4 is 47.6 Å². The Balaban J connectivity index is 0.000000157. The molecule has 2 aliphatic carbocycles. The number of carbonyl (C=O) groups is 1. The predicted octanol–water partition coefficient (Wildman–Crippen LogP) is 6.85. The van der Waals surface area contributed by atoms with Crippen LogP contribution in [0.25, 0.3) is 21.8 Å². The van der Waals surface area contributed by atoms with Gasteiger partial charge in [-0.15, -0.1) is 0 Å². The molecule has 8 nitrogen and oxygen atoms in total. The second-order valence-corrected chi connectivity index (χ2v) is 17.3. The fourth-order valence-electron chi connectivity index (χ4n) is 7.24. The van der Waals surface area contributed by atoms with Crippen molar-refractivity contribution < 1.29 is 21.6 Å². The van der Waals surface area contributed by atoms with Gasteiger partial charge in [0, 0.05) is 42.0 Å². The van der Waals surface area contributed by atoms with Crippen LogP contribution in [0.1, 0.15) is 46.2 Å². The zero-order valence-electron chi connectivity index (χ0n) is 28.8. The monoisotopic (exact) mass is 707 g/mol. The van der Waals surface area contributed by atoms with Gasteiger partial charge in [0.15, 0.2) is 0 Å². The van der Waals surface area contributed by atoms with Gasteiger partial charge in [0.2, 0.25) is 0 Å². The molecular formula is C40H41N3O5S2. The number of aromatic nitrogens is 2. The molecule has 2 heterocycles. The van der Waals surface area contributed by atoms with Crippen LogP contribution >= 0.6 is 0 Å². The highest BCUT2D eigenvalue weighted by molar-refractivity contribution is 7.90. The van der Waals surface area contributed by atoms with Crippen molar-refractivity contribution in [3.8, 4) is 0 Å². The number of likely N-dealkylation sites (N-methyl/N-ethyl adjacent to an activating group) is 1. The normalized spacial score (nSPS) is 16.3. The molecule has 2 aromatic heterocycles. The molecule has 8 rings (SSSR count). The smallest absolute Gasteiger partial charge is 0.268 e. The molecule has 0 saturated heterocycles. The number of nitrogens with zero attached hydrogens (tertiary/aromatic N) is 3. The fourth-order valence-corrected chi connectivity index (χ4v) is 9.93. The number of fused-ring (bicyclic) bond motifs is 6. The highest BCUT2D eigenvalue weighted by Crippen LogP contribution is 2.33. The molecule has 1 unspecified atom stereocenters. The van der Waals surface area contributed by atoms with Gasteiger partial charge in [0.1, 0.15) is 5.78 Å². The molecule has 6 aromatic rings. The number of hydrogen-bond donors (Lipinski definition) is 0. The van der Waals surface area contributed by atoms with Gasteiger partial charge in [-0.2, -0.15) is 0 Å². The summed E-state index contributed by atoms with van der Waals surface area (Å²) in [4.78, 5) is 14.7. The first kappa shape index (κ1) is 34.0. The zero-order valence-corrected chi connectivity index (χ0v) is 30.4. The van der Waals surface area contributed by atoms with Crippen LogP contribution in [0.5, 0.6) is 0 Å². The summed E-state index contributed by atoms with van der Waals surface area (Å²) in [5.74, 6) is 0.212. The highest BCUT2D eigenvalue weighted by atomic mass is 32.2. The second kappa shape index (κ2) is 13.0. The minimum atomic E-state index is -3.65. The van der Waals surface area contributed by atoms with E-state index in [1.807, 2.05) is 50.2 Å². The van der Waals surface area contributed by atoms with Gasteiger partial charge in [0.05, 0.1) is 20.8 Å². The maximum absolute atomic E-state index is 13.1. The van der Waals surface area contributed by atoms with Crippen molar-refractivity contribution in [2.24, 2.45) is 0 Å². The minimum Gasteiger partial charge on any atom is -0.306 e. The van der Waals surface area contributed by atoms with E-state index >= 15 is 0 Å². The van der Waals surface area contributed by atoms with E-state index in [9.17, 15) is 21.6 Å². The molecule has 0 saturated carbocycles. The molecule has 258 valence electrons. The number of rotatable bonds is 5. The molecule has 0 fully saturated rings. The number of ketones is 1. The van der Waals surface area contributed by atoms with E-state index < -0.39 is 20.0 Å². The average Bonchev–Trinajstić information content (AvgIpc) is 3.75. The van der Waals surface area contributed by atoms with Crippen molar-refractivity contribution in [3.63, 3.8) is 0 Å². The third-order valence-electron chi connectivity index (χ3n) is 10.2. The van der Waals surface area contributed by atoms with Gasteiger partial charge < -0.3 is 4.90 Å². The molecule has 50 heavy (non-hydrogen) atoms. The number of carbonyl (C=O) groups excluding carboxylic acids is 1. The maximum Gasteiger partial charge on any atom is 0.268 e. The van der Waals surface area contributed by atoms with Crippen LogP contribution in [0.2, 0.25) is 0 Å². The summed E-state index contributed by atoms with van der Waals surface area (Å²) < 4.78 is 54.9. The van der Waals surface area contributed by atoms with Crippen LogP contribution in [-0.2, 0) is 50.5 Å². The highest BCUT2D eigenvalue weighted by Gasteiger charge is 2.26. The van der Waals surface area contributed by atoms with Crippen molar-refractivity contribution in [2.75, 3.05) is 14.1 Å². The summed E-state index contributed by atoms with van der Waals surface area (Å²) in [5.41, 5.74) is 8.22. The number of benzene rings is 4. The van der Waals surface area contributed by atoms with Crippen LogP contribution in [0.15, 0.2) is 107 Å². The Morgan fingerprint density at radius 3 is 1.58 bits per heavy atom. The standard InChI is InChI=1S/C21H24N2O2S.C19H17NO3S/c1-15-4-9-18(10-5-15)26(24,25)23-13-12-19-20-14-17(22(2)3)8-6-16(20)7-11-21(19)23;1-13-2-7-16(8-3-13)24(22,23)20-11-10-17-18-12-15(21)6-4-14(18)5-9-19(17)20/h4-5,7,9-13,17H,6,8,14H2,1-3H3;2-3,5,7-11H,4,6,12H2,1H3. The Bertz CT molecular complexity index is 2470. The first-order chi connectivity index (χ1) is 23.8. The van der Waals surface area contributed by atoms with Gasteiger partial charge >= 0.3 is 0 Å².